The highest BCUT2D eigenvalue weighted by Crippen LogP contribution is 2.31. The predicted octanol–water partition coefficient (Wildman–Crippen LogP) is 1.43. The van der Waals surface area contributed by atoms with Gasteiger partial charge in [-0.05, 0) is 6.92 Å². The zero-order valence-electron chi connectivity index (χ0n) is 7.76. The van der Waals surface area contributed by atoms with Gasteiger partial charge in [0, 0.05) is 13.1 Å². The van der Waals surface area contributed by atoms with Crippen molar-refractivity contribution in [3.63, 3.8) is 0 Å². The fraction of sp³-hybridized carbons (Fsp3) is 0.250. The molecule has 76 valence electrons. The van der Waals surface area contributed by atoms with E-state index in [-0.39, 0.29) is 17.1 Å². The largest absolute Gasteiger partial charge is 0.508 e. The van der Waals surface area contributed by atoms with Gasteiger partial charge >= 0.3 is 0 Å². The molecular weight excluding hydrogens is 188 g/mol. The number of rotatable bonds is 2. The average molecular weight is 198 g/mol. The maximum absolute atomic E-state index is 10.5. The summed E-state index contributed by atoms with van der Waals surface area (Å²) in [5.74, 6) is -0.252. The van der Waals surface area contributed by atoms with E-state index in [1.165, 1.54) is 20.0 Å². The smallest absolute Gasteiger partial charge is 0.278 e. The van der Waals surface area contributed by atoms with Crippen molar-refractivity contribution >= 4 is 11.4 Å². The Morgan fingerprint density at radius 2 is 2.07 bits per heavy atom. The van der Waals surface area contributed by atoms with Gasteiger partial charge in [-0.25, -0.2) is 0 Å². The summed E-state index contributed by atoms with van der Waals surface area (Å²) in [6, 6.07) is 2.30. The number of hydrogen-bond donors (Lipinski definition) is 2. The van der Waals surface area contributed by atoms with Gasteiger partial charge in [0.15, 0.2) is 0 Å². The van der Waals surface area contributed by atoms with E-state index < -0.39 is 4.92 Å². The van der Waals surface area contributed by atoms with Crippen LogP contribution in [0.5, 0.6) is 5.75 Å². The van der Waals surface area contributed by atoms with Gasteiger partial charge < -0.3 is 5.11 Å². The van der Waals surface area contributed by atoms with Gasteiger partial charge in [0.1, 0.15) is 5.75 Å². The van der Waals surface area contributed by atoms with Crippen molar-refractivity contribution in [3.05, 3.63) is 27.8 Å². The number of nitrogens with zero attached hydrogens (tertiary/aromatic N) is 2. The van der Waals surface area contributed by atoms with Crippen LogP contribution in [0.3, 0.4) is 0 Å². The van der Waals surface area contributed by atoms with Crippen LogP contribution in [0.1, 0.15) is 5.56 Å². The lowest BCUT2D eigenvalue weighted by atomic mass is 10.1. The normalized spacial score (nSPS) is 9.93. The molecule has 0 fully saturated rings. The maximum atomic E-state index is 10.5. The summed E-state index contributed by atoms with van der Waals surface area (Å²) in [6.07, 6.45) is 0. The zero-order valence-corrected chi connectivity index (χ0v) is 7.76. The Labute approximate surface area is 80.1 Å². The molecule has 1 rings (SSSR count). The molecule has 0 unspecified atom stereocenters. The molecule has 14 heavy (non-hydrogen) atoms. The Bertz CT molecular complexity index is 376. The highest BCUT2D eigenvalue weighted by atomic mass is 16.6. The van der Waals surface area contributed by atoms with Gasteiger partial charge in [0.25, 0.3) is 5.69 Å². The van der Waals surface area contributed by atoms with E-state index >= 15 is 0 Å². The van der Waals surface area contributed by atoms with Crippen molar-refractivity contribution in [2.24, 2.45) is 0 Å². The standard InChI is InChI=1S/C8H10N2O4/c1-5-7(9(2)12)3-6(11)4-8(5)10(13)14/h3-4,11-12H,1-2H3. The van der Waals surface area contributed by atoms with Crippen molar-refractivity contribution in [1.82, 2.24) is 0 Å². The summed E-state index contributed by atoms with van der Waals surface area (Å²) in [6.45, 7) is 1.50. The number of hydrogen-bond acceptors (Lipinski definition) is 5. The fourth-order valence-corrected chi connectivity index (χ4v) is 1.20. The van der Waals surface area contributed by atoms with E-state index in [1.54, 1.807) is 0 Å². The van der Waals surface area contributed by atoms with Crippen LogP contribution >= 0.6 is 0 Å². The van der Waals surface area contributed by atoms with Crippen molar-refractivity contribution < 1.29 is 15.2 Å². The van der Waals surface area contributed by atoms with Gasteiger partial charge in [-0.1, -0.05) is 0 Å². The van der Waals surface area contributed by atoms with E-state index in [4.69, 9.17) is 5.21 Å². The van der Waals surface area contributed by atoms with E-state index in [9.17, 15) is 15.2 Å². The van der Waals surface area contributed by atoms with Crippen LogP contribution in [-0.2, 0) is 0 Å². The number of anilines is 1. The first-order chi connectivity index (χ1) is 6.43. The van der Waals surface area contributed by atoms with E-state index in [2.05, 4.69) is 0 Å². The molecule has 1 aromatic carbocycles. The Balaban J connectivity index is 3.40. The summed E-state index contributed by atoms with van der Waals surface area (Å²) in [4.78, 5) is 9.93. The molecule has 1 aromatic rings. The molecular formula is C8H10N2O4. The van der Waals surface area contributed by atoms with Crippen molar-refractivity contribution in [3.8, 4) is 5.75 Å². The summed E-state index contributed by atoms with van der Waals surface area (Å²) in [5.41, 5.74) is 0.287. The first-order valence-electron chi connectivity index (χ1n) is 3.84. The van der Waals surface area contributed by atoms with Gasteiger partial charge in [-0.3, -0.25) is 20.4 Å². The number of phenolic OH excluding ortho intramolecular Hbond substituents is 1. The second-order valence-electron chi connectivity index (χ2n) is 2.89. The van der Waals surface area contributed by atoms with Gasteiger partial charge in [-0.15, -0.1) is 0 Å². The molecule has 0 atom stereocenters. The van der Waals surface area contributed by atoms with Crippen LogP contribution in [0.15, 0.2) is 12.1 Å². The monoisotopic (exact) mass is 198 g/mol. The van der Waals surface area contributed by atoms with Gasteiger partial charge in [0.2, 0.25) is 0 Å². The Morgan fingerprint density at radius 3 is 2.50 bits per heavy atom. The van der Waals surface area contributed by atoms with E-state index in [0.717, 1.165) is 11.1 Å². The third-order valence-corrected chi connectivity index (χ3v) is 1.88. The lowest BCUT2D eigenvalue weighted by molar-refractivity contribution is -0.385. The molecule has 0 saturated heterocycles. The number of hydroxylamine groups is 1. The fourth-order valence-electron chi connectivity index (χ4n) is 1.20. The number of benzene rings is 1. The second kappa shape index (κ2) is 3.51. The van der Waals surface area contributed by atoms with Gasteiger partial charge in [-0.2, -0.15) is 0 Å². The molecule has 0 radical (unpaired) electrons. The van der Waals surface area contributed by atoms with Crippen LogP contribution in [0.2, 0.25) is 0 Å². The molecule has 0 heterocycles. The third-order valence-electron chi connectivity index (χ3n) is 1.88. The summed E-state index contributed by atoms with van der Waals surface area (Å²) in [7, 11) is 1.32. The molecule has 6 nitrogen and oxygen atoms in total. The van der Waals surface area contributed by atoms with Gasteiger partial charge in [0.05, 0.1) is 22.2 Å². The minimum absolute atomic E-state index is 0.205. The first-order valence-corrected chi connectivity index (χ1v) is 3.84. The molecule has 0 aliphatic carbocycles. The van der Waals surface area contributed by atoms with Crippen molar-refractivity contribution in [1.29, 1.82) is 0 Å². The molecule has 0 bridgehead atoms. The topological polar surface area (TPSA) is 86.8 Å². The maximum Gasteiger partial charge on any atom is 0.278 e. The lowest BCUT2D eigenvalue weighted by Crippen LogP contribution is -2.12. The van der Waals surface area contributed by atoms with Crippen molar-refractivity contribution in [2.45, 2.75) is 6.92 Å². The third kappa shape index (κ3) is 1.74. The summed E-state index contributed by atoms with van der Waals surface area (Å²) in [5, 5.41) is 29.6. The second-order valence-corrected chi connectivity index (χ2v) is 2.89. The molecule has 0 amide bonds. The Kier molecular flexibility index (Phi) is 2.57. The highest BCUT2D eigenvalue weighted by Gasteiger charge is 2.17. The molecule has 6 heteroatoms. The van der Waals surface area contributed by atoms with Crippen LogP contribution in [0.4, 0.5) is 11.4 Å². The lowest BCUT2D eigenvalue weighted by Gasteiger charge is -2.13. The average Bonchev–Trinajstić information content (AvgIpc) is 2.07. The molecule has 2 N–H and O–H groups in total. The number of phenols is 1. The minimum Gasteiger partial charge on any atom is -0.508 e. The Hall–Kier alpha value is -1.82. The molecule has 0 saturated carbocycles. The van der Waals surface area contributed by atoms with Crippen LogP contribution in [-0.4, -0.2) is 22.3 Å². The molecule has 0 spiro atoms. The quantitative estimate of drug-likeness (QED) is 0.554. The number of nitro groups is 1. The van der Waals surface area contributed by atoms with Crippen LogP contribution in [0, 0.1) is 17.0 Å². The Morgan fingerprint density at radius 1 is 1.50 bits per heavy atom. The molecule has 0 aromatic heterocycles. The minimum atomic E-state index is -0.609. The summed E-state index contributed by atoms with van der Waals surface area (Å²) >= 11 is 0. The SMILES string of the molecule is Cc1c(N(C)O)cc(O)cc1[N+](=O)[O-]. The molecule has 0 aliphatic rings. The number of aromatic hydroxyl groups is 1. The van der Waals surface area contributed by atoms with Crippen molar-refractivity contribution in [2.75, 3.05) is 12.1 Å². The van der Waals surface area contributed by atoms with Crippen LogP contribution < -0.4 is 5.06 Å². The predicted molar refractivity (Wildman–Crippen MR) is 49.7 cm³/mol. The van der Waals surface area contributed by atoms with Crippen LogP contribution in [0.25, 0.3) is 0 Å². The first kappa shape index (κ1) is 10.3. The summed E-state index contributed by atoms with van der Waals surface area (Å²) < 4.78 is 0. The van der Waals surface area contributed by atoms with E-state index in [1.807, 2.05) is 0 Å². The number of nitro benzene ring substituents is 1. The zero-order chi connectivity index (χ0) is 10.9. The molecule has 0 aliphatic heterocycles. The highest BCUT2D eigenvalue weighted by molar-refractivity contribution is 5.63. The van der Waals surface area contributed by atoms with E-state index in [0.29, 0.717) is 5.56 Å².